The summed E-state index contributed by atoms with van der Waals surface area (Å²) in [6, 6.07) is 0. The smallest absolute Gasteiger partial charge is 0.0147 e. The lowest BCUT2D eigenvalue weighted by molar-refractivity contribution is 0.265. The molecule has 2 atom stereocenters. The predicted octanol–water partition coefficient (Wildman–Crippen LogP) is 1.42. The molecule has 2 heterocycles. The highest BCUT2D eigenvalue weighted by molar-refractivity contribution is 7.99. The lowest BCUT2D eigenvalue weighted by atomic mass is 10.0. The van der Waals surface area contributed by atoms with Crippen LogP contribution in [0, 0.1) is 5.92 Å². The van der Waals surface area contributed by atoms with Crippen LogP contribution in [-0.2, 0) is 0 Å². The maximum Gasteiger partial charge on any atom is 0.0147 e. The van der Waals surface area contributed by atoms with Gasteiger partial charge in [-0.05, 0) is 38.4 Å². The van der Waals surface area contributed by atoms with Crippen molar-refractivity contribution in [1.29, 1.82) is 0 Å². The van der Waals surface area contributed by atoms with Gasteiger partial charge >= 0.3 is 0 Å². The molecular formula is C11H22N2S. The number of nitrogens with zero attached hydrogens (tertiary/aromatic N) is 1. The Morgan fingerprint density at radius 3 is 3.14 bits per heavy atom. The van der Waals surface area contributed by atoms with E-state index in [2.05, 4.69) is 28.9 Å². The van der Waals surface area contributed by atoms with Crippen molar-refractivity contribution in [2.24, 2.45) is 5.92 Å². The van der Waals surface area contributed by atoms with E-state index in [1.54, 1.807) is 0 Å². The van der Waals surface area contributed by atoms with Crippen molar-refractivity contribution in [2.45, 2.75) is 25.0 Å². The molecule has 0 spiro atoms. The van der Waals surface area contributed by atoms with Crippen molar-refractivity contribution >= 4 is 11.8 Å². The molecule has 0 aliphatic carbocycles. The van der Waals surface area contributed by atoms with E-state index in [9.17, 15) is 0 Å². The van der Waals surface area contributed by atoms with Crippen LogP contribution in [0.1, 0.15) is 19.8 Å². The van der Waals surface area contributed by atoms with Gasteiger partial charge in [0.05, 0.1) is 0 Å². The summed E-state index contributed by atoms with van der Waals surface area (Å²) in [5.74, 6) is 2.30. The Morgan fingerprint density at radius 2 is 2.43 bits per heavy atom. The molecule has 14 heavy (non-hydrogen) atoms. The molecule has 2 rings (SSSR count). The van der Waals surface area contributed by atoms with Gasteiger partial charge in [0.25, 0.3) is 0 Å². The lowest BCUT2D eigenvalue weighted by Gasteiger charge is -2.31. The number of hydrogen-bond donors (Lipinski definition) is 1. The third-order valence-electron chi connectivity index (χ3n) is 3.34. The van der Waals surface area contributed by atoms with E-state index in [0.717, 1.165) is 11.2 Å². The van der Waals surface area contributed by atoms with E-state index in [1.807, 2.05) is 0 Å². The SMILES string of the molecule is CC1CN(CC[C@H]2CCNC2)CCS1. The van der Waals surface area contributed by atoms with Crippen molar-refractivity contribution in [3.63, 3.8) is 0 Å². The molecule has 2 aliphatic heterocycles. The molecule has 3 heteroatoms. The van der Waals surface area contributed by atoms with Crippen LogP contribution in [-0.4, -0.2) is 48.6 Å². The molecule has 2 saturated heterocycles. The highest BCUT2D eigenvalue weighted by Crippen LogP contribution is 2.19. The van der Waals surface area contributed by atoms with E-state index in [0.29, 0.717) is 0 Å². The van der Waals surface area contributed by atoms with Crippen molar-refractivity contribution in [1.82, 2.24) is 10.2 Å². The van der Waals surface area contributed by atoms with Crippen LogP contribution in [0.15, 0.2) is 0 Å². The summed E-state index contributed by atoms with van der Waals surface area (Å²) in [5.41, 5.74) is 0. The van der Waals surface area contributed by atoms with Crippen LogP contribution in [0.5, 0.6) is 0 Å². The highest BCUT2D eigenvalue weighted by atomic mass is 32.2. The minimum absolute atomic E-state index is 0.852. The van der Waals surface area contributed by atoms with E-state index in [4.69, 9.17) is 0 Å². The quantitative estimate of drug-likeness (QED) is 0.765. The molecule has 2 nitrogen and oxygen atoms in total. The Balaban J connectivity index is 1.64. The molecule has 0 saturated carbocycles. The second kappa shape index (κ2) is 5.38. The first-order valence-electron chi connectivity index (χ1n) is 5.89. The van der Waals surface area contributed by atoms with Gasteiger partial charge in [-0.2, -0.15) is 11.8 Å². The zero-order valence-corrected chi connectivity index (χ0v) is 9.98. The molecule has 0 radical (unpaired) electrons. The van der Waals surface area contributed by atoms with Gasteiger partial charge in [-0.3, -0.25) is 0 Å². The Bertz CT molecular complexity index is 169. The maximum atomic E-state index is 3.45. The Kier molecular flexibility index (Phi) is 4.14. The highest BCUT2D eigenvalue weighted by Gasteiger charge is 2.19. The van der Waals surface area contributed by atoms with Gasteiger partial charge in [0, 0.05) is 24.1 Å². The topological polar surface area (TPSA) is 15.3 Å². The van der Waals surface area contributed by atoms with Crippen LogP contribution in [0.3, 0.4) is 0 Å². The normalized spacial score (nSPS) is 34.9. The fourth-order valence-electron chi connectivity index (χ4n) is 2.42. The molecule has 0 aromatic heterocycles. The van der Waals surface area contributed by atoms with Crippen molar-refractivity contribution in [2.75, 3.05) is 38.5 Å². The van der Waals surface area contributed by atoms with Crippen molar-refractivity contribution < 1.29 is 0 Å². The van der Waals surface area contributed by atoms with E-state index >= 15 is 0 Å². The Morgan fingerprint density at radius 1 is 1.50 bits per heavy atom. The first kappa shape index (κ1) is 10.8. The number of nitrogens with one attached hydrogen (secondary N) is 1. The molecule has 82 valence electrons. The van der Waals surface area contributed by atoms with Crippen LogP contribution in [0.25, 0.3) is 0 Å². The zero-order chi connectivity index (χ0) is 9.80. The molecular weight excluding hydrogens is 192 g/mol. The summed E-state index contributed by atoms with van der Waals surface area (Å²) >= 11 is 2.13. The van der Waals surface area contributed by atoms with Gasteiger partial charge in [0.1, 0.15) is 0 Å². The molecule has 0 aromatic rings. The van der Waals surface area contributed by atoms with E-state index in [-0.39, 0.29) is 0 Å². The van der Waals surface area contributed by atoms with Gasteiger partial charge in [-0.1, -0.05) is 6.92 Å². The third kappa shape index (κ3) is 3.14. The molecule has 0 amide bonds. The molecule has 0 aromatic carbocycles. The van der Waals surface area contributed by atoms with Gasteiger partial charge < -0.3 is 10.2 Å². The summed E-state index contributed by atoms with van der Waals surface area (Å²) in [4.78, 5) is 2.65. The van der Waals surface area contributed by atoms with Gasteiger partial charge in [-0.15, -0.1) is 0 Å². The number of rotatable bonds is 3. The van der Waals surface area contributed by atoms with Crippen molar-refractivity contribution in [3.05, 3.63) is 0 Å². The summed E-state index contributed by atoms with van der Waals surface area (Å²) in [6.07, 6.45) is 2.81. The molecule has 2 fully saturated rings. The van der Waals surface area contributed by atoms with Crippen LogP contribution in [0.4, 0.5) is 0 Å². The van der Waals surface area contributed by atoms with Gasteiger partial charge in [-0.25, -0.2) is 0 Å². The minimum Gasteiger partial charge on any atom is -0.316 e. The zero-order valence-electron chi connectivity index (χ0n) is 9.17. The lowest BCUT2D eigenvalue weighted by Crippen LogP contribution is -2.37. The second-order valence-electron chi connectivity index (χ2n) is 4.63. The Hall–Kier alpha value is 0.270. The summed E-state index contributed by atoms with van der Waals surface area (Å²) < 4.78 is 0. The minimum atomic E-state index is 0.852. The van der Waals surface area contributed by atoms with Gasteiger partial charge in [0.15, 0.2) is 0 Å². The van der Waals surface area contributed by atoms with Crippen molar-refractivity contribution in [3.8, 4) is 0 Å². The fourth-order valence-corrected chi connectivity index (χ4v) is 3.50. The Labute approximate surface area is 91.8 Å². The number of hydrogen-bond acceptors (Lipinski definition) is 3. The average Bonchev–Trinajstić information content (AvgIpc) is 2.67. The van der Waals surface area contributed by atoms with Gasteiger partial charge in [0.2, 0.25) is 0 Å². The monoisotopic (exact) mass is 214 g/mol. The number of thioether (sulfide) groups is 1. The first-order chi connectivity index (χ1) is 6.84. The van der Waals surface area contributed by atoms with Crippen LogP contribution >= 0.6 is 11.8 Å². The van der Waals surface area contributed by atoms with E-state index < -0.39 is 0 Å². The second-order valence-corrected chi connectivity index (χ2v) is 6.18. The summed E-state index contributed by atoms with van der Waals surface area (Å²) in [6.45, 7) is 8.82. The predicted molar refractivity (Wildman–Crippen MR) is 64.0 cm³/mol. The molecule has 1 N–H and O–H groups in total. The molecule has 0 bridgehead atoms. The van der Waals surface area contributed by atoms with Crippen LogP contribution in [0.2, 0.25) is 0 Å². The first-order valence-corrected chi connectivity index (χ1v) is 6.94. The fraction of sp³-hybridized carbons (Fsp3) is 1.00. The van der Waals surface area contributed by atoms with E-state index in [1.165, 1.54) is 51.3 Å². The third-order valence-corrected chi connectivity index (χ3v) is 4.48. The maximum absolute atomic E-state index is 3.45. The molecule has 1 unspecified atom stereocenters. The summed E-state index contributed by atoms with van der Waals surface area (Å²) in [5, 5.41) is 4.30. The largest absolute Gasteiger partial charge is 0.316 e. The standard InChI is InChI=1S/C11H22N2S/c1-10-9-13(6-7-14-10)5-3-11-2-4-12-8-11/h10-12H,2-9H2,1H3/t10?,11-/m1/s1. The molecule has 2 aliphatic rings. The van der Waals surface area contributed by atoms with Crippen LogP contribution < -0.4 is 5.32 Å². The average molecular weight is 214 g/mol. The summed E-state index contributed by atoms with van der Waals surface area (Å²) in [7, 11) is 0.